The van der Waals surface area contributed by atoms with Crippen LogP contribution in [0.1, 0.15) is 12.8 Å². The van der Waals surface area contributed by atoms with Crippen LogP contribution in [0.4, 0.5) is 0 Å². The highest BCUT2D eigenvalue weighted by Gasteiger charge is 2.18. The van der Waals surface area contributed by atoms with Gasteiger partial charge in [-0.05, 0) is 6.42 Å². The van der Waals surface area contributed by atoms with Crippen LogP contribution < -0.4 is 11.5 Å². The highest BCUT2D eigenvalue weighted by molar-refractivity contribution is 5.66. The monoisotopic (exact) mass is 148 g/mol. The quantitative estimate of drug-likeness (QED) is 0.361. The van der Waals surface area contributed by atoms with E-state index in [1.807, 2.05) is 0 Å². The van der Waals surface area contributed by atoms with Gasteiger partial charge in [-0.2, -0.15) is 0 Å². The van der Waals surface area contributed by atoms with Gasteiger partial charge >= 0.3 is 5.97 Å². The zero-order valence-electron chi connectivity index (χ0n) is 5.58. The Morgan fingerprint density at radius 1 is 1.50 bits per heavy atom. The Balaban J connectivity index is 3.56. The van der Waals surface area contributed by atoms with Gasteiger partial charge in [-0.25, -0.2) is 0 Å². The van der Waals surface area contributed by atoms with E-state index in [1.54, 1.807) is 0 Å². The van der Waals surface area contributed by atoms with Gasteiger partial charge in [0.15, 0.2) is 0 Å². The van der Waals surface area contributed by atoms with Crippen molar-refractivity contribution in [3.63, 3.8) is 0 Å². The van der Waals surface area contributed by atoms with Crippen LogP contribution in [0, 0.1) is 0 Å². The highest BCUT2D eigenvalue weighted by atomic mass is 16.4. The lowest BCUT2D eigenvalue weighted by Gasteiger charge is -2.19. The second kappa shape index (κ2) is 3.50. The fourth-order valence-corrected chi connectivity index (χ4v) is 0.419. The molecule has 0 saturated heterocycles. The Kier molecular flexibility index (Phi) is 3.27. The van der Waals surface area contributed by atoms with Gasteiger partial charge in [-0.3, -0.25) is 4.79 Å². The predicted molar refractivity (Wildman–Crippen MR) is 35.1 cm³/mol. The van der Waals surface area contributed by atoms with E-state index in [0.717, 1.165) is 0 Å². The first kappa shape index (κ1) is 9.35. The van der Waals surface area contributed by atoms with E-state index >= 15 is 0 Å². The average molecular weight is 148 g/mol. The van der Waals surface area contributed by atoms with E-state index in [2.05, 4.69) is 0 Å². The number of carboxylic acid groups (broad SMARTS) is 1. The maximum absolute atomic E-state index is 9.97. The summed E-state index contributed by atoms with van der Waals surface area (Å²) >= 11 is 0. The van der Waals surface area contributed by atoms with Crippen molar-refractivity contribution in [1.82, 2.24) is 0 Å². The van der Waals surface area contributed by atoms with Gasteiger partial charge in [0.25, 0.3) is 0 Å². The third-order valence-electron chi connectivity index (χ3n) is 1.10. The lowest BCUT2D eigenvalue weighted by molar-refractivity contribution is -0.137. The Morgan fingerprint density at radius 2 is 2.00 bits per heavy atom. The van der Waals surface area contributed by atoms with E-state index in [9.17, 15) is 4.79 Å². The van der Waals surface area contributed by atoms with Crippen LogP contribution in [0.2, 0.25) is 0 Å². The Bertz CT molecular complexity index is 124. The van der Waals surface area contributed by atoms with Crippen LogP contribution >= 0.6 is 0 Å². The first-order valence-electron chi connectivity index (χ1n) is 2.88. The van der Waals surface area contributed by atoms with Crippen molar-refractivity contribution in [2.45, 2.75) is 18.5 Å². The minimum atomic E-state index is -1.25. The molecule has 0 radical (unpaired) electrons. The molecule has 0 saturated carbocycles. The molecular weight excluding hydrogens is 136 g/mol. The second-order valence-electron chi connectivity index (χ2n) is 2.29. The summed E-state index contributed by atoms with van der Waals surface area (Å²) in [4.78, 5) is 9.97. The van der Waals surface area contributed by atoms with Crippen LogP contribution in [-0.2, 0) is 4.79 Å². The summed E-state index contributed by atoms with van der Waals surface area (Å²) in [5, 5.41) is 16.6. The molecule has 0 unspecified atom stereocenters. The molecule has 0 aliphatic rings. The molecule has 0 aliphatic carbocycles. The molecule has 5 heteroatoms. The maximum Gasteiger partial charge on any atom is 0.303 e. The third-order valence-corrected chi connectivity index (χ3v) is 1.10. The molecule has 0 aromatic carbocycles. The average Bonchev–Trinajstić information content (AvgIpc) is 1.85. The number of carbonyl (C=O) groups is 1. The number of aliphatic carboxylic acids is 1. The van der Waals surface area contributed by atoms with E-state index in [1.165, 1.54) is 0 Å². The van der Waals surface area contributed by atoms with Crippen molar-refractivity contribution < 1.29 is 15.0 Å². The van der Waals surface area contributed by atoms with Crippen LogP contribution in [0.15, 0.2) is 0 Å². The summed E-state index contributed by atoms with van der Waals surface area (Å²) < 4.78 is 0. The van der Waals surface area contributed by atoms with Gasteiger partial charge < -0.3 is 21.7 Å². The van der Waals surface area contributed by atoms with Crippen LogP contribution in [0.25, 0.3) is 0 Å². The number of aliphatic hydroxyl groups excluding tert-OH is 1. The molecule has 0 bridgehead atoms. The Hall–Kier alpha value is -0.650. The smallest absolute Gasteiger partial charge is 0.303 e. The van der Waals surface area contributed by atoms with Crippen molar-refractivity contribution in [3.8, 4) is 0 Å². The summed E-state index contributed by atoms with van der Waals surface area (Å²) in [7, 11) is 0. The maximum atomic E-state index is 9.97. The van der Waals surface area contributed by atoms with E-state index in [-0.39, 0.29) is 12.8 Å². The second-order valence-corrected chi connectivity index (χ2v) is 2.29. The van der Waals surface area contributed by atoms with Crippen LogP contribution in [0.3, 0.4) is 0 Å². The zero-order valence-corrected chi connectivity index (χ0v) is 5.58. The molecule has 60 valence electrons. The molecule has 0 amide bonds. The topological polar surface area (TPSA) is 110 Å². The normalized spacial score (nSPS) is 11.5. The summed E-state index contributed by atoms with van der Waals surface area (Å²) in [6.07, 6.45) is -0.0353. The number of nitrogens with two attached hydrogens (primary N) is 2. The van der Waals surface area contributed by atoms with Gasteiger partial charge in [0.1, 0.15) is 0 Å². The lowest BCUT2D eigenvalue weighted by Crippen LogP contribution is -2.52. The molecule has 0 aliphatic heterocycles. The van der Waals surface area contributed by atoms with E-state index < -0.39 is 18.2 Å². The predicted octanol–water partition coefficient (Wildman–Crippen LogP) is -1.54. The molecule has 6 N–H and O–H groups in total. The number of hydrogen-bond acceptors (Lipinski definition) is 4. The van der Waals surface area contributed by atoms with Gasteiger partial charge in [-0.1, -0.05) is 0 Å². The van der Waals surface area contributed by atoms with Crippen molar-refractivity contribution in [2.75, 3.05) is 6.61 Å². The fraction of sp³-hybridized carbons (Fsp3) is 0.800. The SMILES string of the molecule is NC(N)(CO)CCC(=O)O. The first-order chi connectivity index (χ1) is 4.48. The molecular formula is C5H12N2O3. The van der Waals surface area contributed by atoms with Gasteiger partial charge in [-0.15, -0.1) is 0 Å². The molecule has 0 spiro atoms. The molecule has 0 aromatic rings. The van der Waals surface area contributed by atoms with Gasteiger partial charge in [0.2, 0.25) is 0 Å². The van der Waals surface area contributed by atoms with Crippen molar-refractivity contribution in [1.29, 1.82) is 0 Å². The third kappa shape index (κ3) is 4.25. The van der Waals surface area contributed by atoms with E-state index in [4.69, 9.17) is 21.7 Å². The van der Waals surface area contributed by atoms with Crippen molar-refractivity contribution >= 4 is 5.97 Å². The Morgan fingerprint density at radius 3 is 2.30 bits per heavy atom. The first-order valence-corrected chi connectivity index (χ1v) is 2.88. The number of rotatable bonds is 4. The van der Waals surface area contributed by atoms with Crippen LogP contribution in [0.5, 0.6) is 0 Å². The molecule has 0 fully saturated rings. The lowest BCUT2D eigenvalue weighted by atomic mass is 10.1. The summed E-state index contributed by atoms with van der Waals surface area (Å²) in [6, 6.07) is 0. The molecule has 0 aromatic heterocycles. The molecule has 0 atom stereocenters. The van der Waals surface area contributed by atoms with Crippen molar-refractivity contribution in [2.24, 2.45) is 11.5 Å². The largest absolute Gasteiger partial charge is 0.481 e. The fourth-order valence-electron chi connectivity index (χ4n) is 0.419. The molecule has 10 heavy (non-hydrogen) atoms. The standard InChI is InChI=1S/C5H12N2O3/c6-5(7,3-8)2-1-4(9)10/h8H,1-3,6-7H2,(H,9,10). The van der Waals surface area contributed by atoms with Gasteiger partial charge in [0.05, 0.1) is 12.3 Å². The zero-order chi connectivity index (χ0) is 8.20. The summed E-state index contributed by atoms with van der Waals surface area (Å²) in [5.41, 5.74) is 9.21. The number of aliphatic hydroxyl groups is 1. The summed E-state index contributed by atoms with van der Waals surface area (Å²) in [6.45, 7) is -0.402. The van der Waals surface area contributed by atoms with E-state index in [0.29, 0.717) is 0 Å². The Labute approximate surface area is 58.6 Å². The highest BCUT2D eigenvalue weighted by Crippen LogP contribution is 2.00. The van der Waals surface area contributed by atoms with Crippen molar-refractivity contribution in [3.05, 3.63) is 0 Å². The van der Waals surface area contributed by atoms with Crippen LogP contribution in [-0.4, -0.2) is 28.5 Å². The number of carboxylic acids is 1. The molecule has 0 heterocycles. The minimum Gasteiger partial charge on any atom is -0.481 e. The molecule has 0 rings (SSSR count). The van der Waals surface area contributed by atoms with Gasteiger partial charge in [0, 0.05) is 6.42 Å². The molecule has 5 nitrogen and oxygen atoms in total. The minimum absolute atomic E-state index is 0.0822. The number of hydrogen-bond donors (Lipinski definition) is 4. The summed E-state index contributed by atoms with van der Waals surface area (Å²) in [5.74, 6) is -0.964.